The maximum Gasteiger partial charge on any atom is 0.116 e. The molecule has 0 saturated carbocycles. The number of nitrogens with zero attached hydrogens (tertiary/aromatic N) is 1. The molecule has 0 saturated heterocycles. The first-order valence-electron chi connectivity index (χ1n) is 7.43. The van der Waals surface area contributed by atoms with Crippen LogP contribution in [-0.2, 0) is 12.0 Å². The highest BCUT2D eigenvalue weighted by Gasteiger charge is 2.36. The molecule has 1 heterocycles. The van der Waals surface area contributed by atoms with Crippen molar-refractivity contribution in [3.05, 3.63) is 77.5 Å². The van der Waals surface area contributed by atoms with Gasteiger partial charge in [-0.3, -0.25) is 4.98 Å². The zero-order chi connectivity index (χ0) is 14.3. The second-order valence-electron chi connectivity index (χ2n) is 5.79. The van der Waals surface area contributed by atoms with Gasteiger partial charge in [0.05, 0.1) is 5.52 Å². The van der Waals surface area contributed by atoms with Crippen molar-refractivity contribution in [2.75, 3.05) is 0 Å². The average Bonchev–Trinajstić information content (AvgIpc) is 2.55. The predicted octanol–water partition coefficient (Wildman–Crippen LogP) is 3.81. The minimum atomic E-state index is -0.911. The Balaban J connectivity index is 1.91. The van der Waals surface area contributed by atoms with Crippen molar-refractivity contribution in [2.24, 2.45) is 0 Å². The minimum absolute atomic E-state index is 0.754. The Kier molecular flexibility index (Phi) is 2.79. The van der Waals surface area contributed by atoms with Crippen LogP contribution in [-0.4, -0.2) is 10.1 Å². The lowest BCUT2D eigenvalue weighted by molar-refractivity contribution is 0.0614. The standard InChI is InChI=1S/C19H17NO/c21-19(11-5-8-14-6-1-3-9-17(14)19)16-12-15-7-2-4-10-18(15)20-13-16/h1-4,6-7,9-10,12-13,21H,5,8,11H2. The van der Waals surface area contributed by atoms with Gasteiger partial charge in [0.2, 0.25) is 0 Å². The van der Waals surface area contributed by atoms with Crippen LogP contribution in [0.15, 0.2) is 60.8 Å². The van der Waals surface area contributed by atoms with E-state index in [4.69, 9.17) is 0 Å². The SMILES string of the molecule is OC1(c2cnc3ccccc3c2)CCCc2ccccc21. The molecule has 104 valence electrons. The second kappa shape index (κ2) is 4.68. The Morgan fingerprint density at radius 2 is 1.81 bits per heavy atom. The van der Waals surface area contributed by atoms with Gasteiger partial charge in [-0.2, -0.15) is 0 Å². The van der Waals surface area contributed by atoms with Gasteiger partial charge in [0.25, 0.3) is 0 Å². The zero-order valence-electron chi connectivity index (χ0n) is 11.8. The highest BCUT2D eigenvalue weighted by atomic mass is 16.3. The quantitative estimate of drug-likeness (QED) is 0.732. The molecule has 0 amide bonds. The second-order valence-corrected chi connectivity index (χ2v) is 5.79. The van der Waals surface area contributed by atoms with E-state index in [1.165, 1.54) is 5.56 Å². The lowest BCUT2D eigenvalue weighted by Gasteiger charge is -2.35. The Labute approximate surface area is 124 Å². The molecule has 0 fully saturated rings. The summed E-state index contributed by atoms with van der Waals surface area (Å²) in [7, 11) is 0. The summed E-state index contributed by atoms with van der Waals surface area (Å²) in [5, 5.41) is 12.4. The van der Waals surface area contributed by atoms with Crippen LogP contribution >= 0.6 is 0 Å². The predicted molar refractivity (Wildman–Crippen MR) is 84.1 cm³/mol. The molecule has 1 aliphatic rings. The third-order valence-corrected chi connectivity index (χ3v) is 4.52. The van der Waals surface area contributed by atoms with E-state index in [1.54, 1.807) is 0 Å². The van der Waals surface area contributed by atoms with Crippen LogP contribution in [0, 0.1) is 0 Å². The lowest BCUT2D eigenvalue weighted by atomic mass is 9.75. The van der Waals surface area contributed by atoms with Gasteiger partial charge in [-0.15, -0.1) is 0 Å². The number of fused-ring (bicyclic) bond motifs is 2. The van der Waals surface area contributed by atoms with Gasteiger partial charge in [-0.1, -0.05) is 42.5 Å². The summed E-state index contributed by atoms with van der Waals surface area (Å²) in [6.07, 6.45) is 4.62. The topological polar surface area (TPSA) is 33.1 Å². The van der Waals surface area contributed by atoms with Gasteiger partial charge in [0.15, 0.2) is 0 Å². The van der Waals surface area contributed by atoms with Crippen LogP contribution in [0.2, 0.25) is 0 Å². The summed E-state index contributed by atoms with van der Waals surface area (Å²) in [5.74, 6) is 0. The molecule has 2 nitrogen and oxygen atoms in total. The molecule has 3 aromatic rings. The molecule has 2 aromatic carbocycles. The lowest BCUT2D eigenvalue weighted by Crippen LogP contribution is -2.32. The molecule has 2 heteroatoms. The smallest absolute Gasteiger partial charge is 0.116 e. The van der Waals surface area contributed by atoms with E-state index in [2.05, 4.69) is 17.1 Å². The van der Waals surface area contributed by atoms with E-state index in [0.29, 0.717) is 0 Å². The zero-order valence-corrected chi connectivity index (χ0v) is 11.8. The molecule has 1 N–H and O–H groups in total. The number of rotatable bonds is 1. The number of hydrogen-bond donors (Lipinski definition) is 1. The van der Waals surface area contributed by atoms with Gasteiger partial charge in [0.1, 0.15) is 5.60 Å². The highest BCUT2D eigenvalue weighted by Crippen LogP contribution is 2.40. The van der Waals surface area contributed by atoms with Crippen LogP contribution in [0.1, 0.15) is 29.5 Å². The van der Waals surface area contributed by atoms with Crippen LogP contribution in [0.25, 0.3) is 10.9 Å². The monoisotopic (exact) mass is 275 g/mol. The number of aliphatic hydroxyl groups is 1. The van der Waals surface area contributed by atoms with Crippen molar-refractivity contribution in [3.63, 3.8) is 0 Å². The van der Waals surface area contributed by atoms with Gasteiger partial charge in [0, 0.05) is 17.1 Å². The number of benzene rings is 2. The third kappa shape index (κ3) is 1.95. The van der Waals surface area contributed by atoms with E-state index in [-0.39, 0.29) is 0 Å². The van der Waals surface area contributed by atoms with Crippen molar-refractivity contribution < 1.29 is 5.11 Å². The maximum atomic E-state index is 11.3. The fraction of sp³-hybridized carbons (Fsp3) is 0.211. The van der Waals surface area contributed by atoms with Crippen LogP contribution in [0.5, 0.6) is 0 Å². The maximum absolute atomic E-state index is 11.3. The summed E-state index contributed by atoms with van der Waals surface area (Å²) >= 11 is 0. The van der Waals surface area contributed by atoms with Crippen molar-refractivity contribution in [1.82, 2.24) is 4.98 Å². The van der Waals surface area contributed by atoms with E-state index >= 15 is 0 Å². The normalized spacial score (nSPS) is 21.2. The molecule has 1 unspecified atom stereocenters. The average molecular weight is 275 g/mol. The van der Waals surface area contributed by atoms with Crippen molar-refractivity contribution >= 4 is 10.9 Å². The molecule has 4 rings (SSSR count). The minimum Gasteiger partial charge on any atom is -0.380 e. The van der Waals surface area contributed by atoms with Crippen molar-refractivity contribution in [2.45, 2.75) is 24.9 Å². The van der Waals surface area contributed by atoms with Crippen LogP contribution in [0.4, 0.5) is 0 Å². The molecule has 0 radical (unpaired) electrons. The van der Waals surface area contributed by atoms with Gasteiger partial charge >= 0.3 is 0 Å². The fourth-order valence-corrected chi connectivity index (χ4v) is 3.41. The number of para-hydroxylation sites is 1. The first-order valence-corrected chi connectivity index (χ1v) is 7.43. The van der Waals surface area contributed by atoms with E-state index in [0.717, 1.165) is 41.3 Å². The first kappa shape index (κ1) is 12.5. The fourth-order valence-electron chi connectivity index (χ4n) is 3.41. The number of pyridine rings is 1. The first-order chi connectivity index (χ1) is 10.3. The molecular formula is C19H17NO. The summed E-state index contributed by atoms with van der Waals surface area (Å²) in [6.45, 7) is 0. The molecule has 21 heavy (non-hydrogen) atoms. The largest absolute Gasteiger partial charge is 0.380 e. The summed E-state index contributed by atoms with van der Waals surface area (Å²) in [4.78, 5) is 4.51. The van der Waals surface area contributed by atoms with E-state index in [1.807, 2.05) is 48.7 Å². The Morgan fingerprint density at radius 3 is 2.76 bits per heavy atom. The van der Waals surface area contributed by atoms with Gasteiger partial charge in [-0.25, -0.2) is 0 Å². The van der Waals surface area contributed by atoms with Gasteiger partial charge in [-0.05, 0) is 42.5 Å². The molecule has 1 atom stereocenters. The molecule has 1 aromatic heterocycles. The summed E-state index contributed by atoms with van der Waals surface area (Å²) in [6, 6.07) is 18.3. The van der Waals surface area contributed by atoms with Crippen LogP contribution < -0.4 is 0 Å². The summed E-state index contributed by atoms with van der Waals surface area (Å²) < 4.78 is 0. The highest BCUT2D eigenvalue weighted by molar-refractivity contribution is 5.79. The molecule has 0 aliphatic heterocycles. The number of aromatic nitrogens is 1. The van der Waals surface area contributed by atoms with Crippen molar-refractivity contribution in [1.29, 1.82) is 0 Å². The van der Waals surface area contributed by atoms with E-state index < -0.39 is 5.60 Å². The molecule has 1 aliphatic carbocycles. The van der Waals surface area contributed by atoms with E-state index in [9.17, 15) is 5.11 Å². The summed E-state index contributed by atoms with van der Waals surface area (Å²) in [5.41, 5.74) is 3.24. The Bertz CT molecular complexity index is 811. The Hall–Kier alpha value is -2.19. The number of hydrogen-bond acceptors (Lipinski definition) is 2. The molecule has 0 bridgehead atoms. The molecule has 0 spiro atoms. The van der Waals surface area contributed by atoms with Crippen molar-refractivity contribution in [3.8, 4) is 0 Å². The number of aryl methyl sites for hydroxylation is 1. The van der Waals surface area contributed by atoms with Crippen LogP contribution in [0.3, 0.4) is 0 Å². The third-order valence-electron chi connectivity index (χ3n) is 4.52. The molecular weight excluding hydrogens is 258 g/mol. The Morgan fingerprint density at radius 1 is 1.00 bits per heavy atom. The van der Waals surface area contributed by atoms with Gasteiger partial charge < -0.3 is 5.11 Å².